The zero-order valence-electron chi connectivity index (χ0n) is 14.8. The highest BCUT2D eigenvalue weighted by atomic mass is 16.3. The molecule has 132 valence electrons. The SMILES string of the molecule is Cc1ccc2cnn(CCC(=O)NC(C)c3nc4ccccc4o3)c2c1. The van der Waals surface area contributed by atoms with E-state index in [-0.39, 0.29) is 11.9 Å². The van der Waals surface area contributed by atoms with E-state index in [4.69, 9.17) is 4.42 Å². The topological polar surface area (TPSA) is 73.0 Å². The molecule has 2 aromatic heterocycles. The van der Waals surface area contributed by atoms with Crippen molar-refractivity contribution < 1.29 is 9.21 Å². The largest absolute Gasteiger partial charge is 0.438 e. The molecule has 26 heavy (non-hydrogen) atoms. The first-order valence-corrected chi connectivity index (χ1v) is 8.67. The third kappa shape index (κ3) is 3.18. The van der Waals surface area contributed by atoms with Gasteiger partial charge >= 0.3 is 0 Å². The molecule has 0 saturated heterocycles. The zero-order chi connectivity index (χ0) is 18.1. The summed E-state index contributed by atoms with van der Waals surface area (Å²) in [6.45, 7) is 4.44. The van der Waals surface area contributed by atoms with Gasteiger partial charge in [-0.2, -0.15) is 5.10 Å². The van der Waals surface area contributed by atoms with Gasteiger partial charge in [-0.05, 0) is 37.6 Å². The van der Waals surface area contributed by atoms with Gasteiger partial charge in [0, 0.05) is 11.8 Å². The van der Waals surface area contributed by atoms with Gasteiger partial charge in [-0.3, -0.25) is 9.48 Å². The van der Waals surface area contributed by atoms with Crippen molar-refractivity contribution in [3.05, 3.63) is 60.1 Å². The molecule has 0 fully saturated rings. The molecule has 2 heterocycles. The molecule has 4 aromatic rings. The molecule has 6 heteroatoms. The van der Waals surface area contributed by atoms with Gasteiger partial charge in [0.05, 0.1) is 18.3 Å². The Bertz CT molecular complexity index is 1050. The number of carbonyl (C=O) groups is 1. The Morgan fingerprint density at radius 2 is 2.12 bits per heavy atom. The standard InChI is InChI=1S/C20H20N4O2/c1-13-7-8-15-12-21-24(17(15)11-13)10-9-19(25)22-14(2)20-23-16-5-3-4-6-18(16)26-20/h3-8,11-12,14H,9-10H2,1-2H3,(H,22,25). The molecule has 0 radical (unpaired) electrons. The first-order chi connectivity index (χ1) is 12.6. The number of nitrogens with zero attached hydrogens (tertiary/aromatic N) is 3. The fourth-order valence-corrected chi connectivity index (χ4v) is 3.02. The van der Waals surface area contributed by atoms with E-state index in [2.05, 4.69) is 27.5 Å². The van der Waals surface area contributed by atoms with Crippen LogP contribution in [0.3, 0.4) is 0 Å². The Morgan fingerprint density at radius 3 is 2.96 bits per heavy atom. The van der Waals surface area contributed by atoms with Crippen LogP contribution in [0.25, 0.3) is 22.0 Å². The number of aryl methyl sites for hydroxylation is 2. The summed E-state index contributed by atoms with van der Waals surface area (Å²) in [6.07, 6.45) is 2.17. The van der Waals surface area contributed by atoms with Crippen molar-refractivity contribution in [1.29, 1.82) is 0 Å². The van der Waals surface area contributed by atoms with Crippen LogP contribution in [0.5, 0.6) is 0 Å². The lowest BCUT2D eigenvalue weighted by atomic mass is 10.2. The van der Waals surface area contributed by atoms with Gasteiger partial charge in [-0.1, -0.05) is 24.3 Å². The summed E-state index contributed by atoms with van der Waals surface area (Å²) in [6, 6.07) is 13.5. The number of hydrogen-bond acceptors (Lipinski definition) is 4. The summed E-state index contributed by atoms with van der Waals surface area (Å²) < 4.78 is 7.58. The number of benzene rings is 2. The van der Waals surface area contributed by atoms with Gasteiger partial charge in [0.2, 0.25) is 11.8 Å². The number of nitrogens with one attached hydrogen (secondary N) is 1. The van der Waals surface area contributed by atoms with Gasteiger partial charge in [0.15, 0.2) is 5.58 Å². The second kappa shape index (κ2) is 6.63. The van der Waals surface area contributed by atoms with E-state index in [9.17, 15) is 4.79 Å². The molecule has 6 nitrogen and oxygen atoms in total. The summed E-state index contributed by atoms with van der Waals surface area (Å²) in [4.78, 5) is 16.7. The molecule has 1 N–H and O–H groups in total. The van der Waals surface area contributed by atoms with Crippen molar-refractivity contribution >= 4 is 27.9 Å². The van der Waals surface area contributed by atoms with E-state index in [1.54, 1.807) is 0 Å². The van der Waals surface area contributed by atoms with Crippen molar-refractivity contribution in [1.82, 2.24) is 20.1 Å². The predicted octanol–water partition coefficient (Wildman–Crippen LogP) is 3.75. The number of amides is 1. The molecule has 1 amide bonds. The van der Waals surface area contributed by atoms with E-state index >= 15 is 0 Å². The smallest absolute Gasteiger partial charge is 0.222 e. The fourth-order valence-electron chi connectivity index (χ4n) is 3.02. The molecule has 0 saturated carbocycles. The quantitative estimate of drug-likeness (QED) is 0.596. The Morgan fingerprint density at radius 1 is 1.27 bits per heavy atom. The Hall–Kier alpha value is -3.15. The first kappa shape index (κ1) is 16.3. The summed E-state index contributed by atoms with van der Waals surface area (Å²) in [7, 11) is 0. The Kier molecular flexibility index (Phi) is 4.16. The summed E-state index contributed by atoms with van der Waals surface area (Å²) in [5.41, 5.74) is 3.74. The highest BCUT2D eigenvalue weighted by Gasteiger charge is 2.16. The maximum absolute atomic E-state index is 12.3. The van der Waals surface area contributed by atoms with Crippen LogP contribution in [0, 0.1) is 6.92 Å². The molecule has 0 aliphatic rings. The van der Waals surface area contributed by atoms with Gasteiger partial charge < -0.3 is 9.73 Å². The normalized spacial score (nSPS) is 12.5. The van der Waals surface area contributed by atoms with Crippen molar-refractivity contribution in [2.75, 3.05) is 0 Å². The van der Waals surface area contributed by atoms with E-state index in [1.807, 2.05) is 55.1 Å². The highest BCUT2D eigenvalue weighted by Crippen LogP contribution is 2.20. The summed E-state index contributed by atoms with van der Waals surface area (Å²) in [5.74, 6) is 0.454. The lowest BCUT2D eigenvalue weighted by Gasteiger charge is -2.10. The third-order valence-corrected chi connectivity index (χ3v) is 4.41. The lowest BCUT2D eigenvalue weighted by Crippen LogP contribution is -2.27. The minimum atomic E-state index is -0.286. The van der Waals surface area contributed by atoms with Crippen LogP contribution in [-0.4, -0.2) is 20.7 Å². The molecule has 0 bridgehead atoms. The Balaban J connectivity index is 1.40. The van der Waals surface area contributed by atoms with Gasteiger partial charge in [-0.15, -0.1) is 0 Å². The number of carbonyl (C=O) groups excluding carboxylic acids is 1. The fraction of sp³-hybridized carbons (Fsp3) is 0.250. The molecule has 0 aliphatic carbocycles. The number of hydrogen-bond donors (Lipinski definition) is 1. The van der Waals surface area contributed by atoms with E-state index in [0.717, 1.165) is 22.0 Å². The molecular formula is C20H20N4O2. The van der Waals surface area contributed by atoms with Crippen LogP contribution < -0.4 is 5.32 Å². The summed E-state index contributed by atoms with van der Waals surface area (Å²) >= 11 is 0. The number of rotatable bonds is 5. The summed E-state index contributed by atoms with van der Waals surface area (Å²) in [5, 5.41) is 8.40. The van der Waals surface area contributed by atoms with Gasteiger partial charge in [-0.25, -0.2) is 4.98 Å². The maximum atomic E-state index is 12.3. The number of para-hydroxylation sites is 2. The van der Waals surface area contributed by atoms with Crippen LogP contribution in [0.1, 0.15) is 30.8 Å². The minimum Gasteiger partial charge on any atom is -0.438 e. The minimum absolute atomic E-state index is 0.0592. The second-order valence-corrected chi connectivity index (χ2v) is 6.49. The molecular weight excluding hydrogens is 328 g/mol. The van der Waals surface area contributed by atoms with Crippen molar-refractivity contribution in [2.24, 2.45) is 0 Å². The van der Waals surface area contributed by atoms with Crippen LogP contribution in [0.2, 0.25) is 0 Å². The molecule has 0 aliphatic heterocycles. The van der Waals surface area contributed by atoms with E-state index < -0.39 is 0 Å². The predicted molar refractivity (Wildman–Crippen MR) is 99.7 cm³/mol. The number of aromatic nitrogens is 3. The maximum Gasteiger partial charge on any atom is 0.222 e. The molecule has 1 atom stereocenters. The highest BCUT2D eigenvalue weighted by molar-refractivity contribution is 5.80. The first-order valence-electron chi connectivity index (χ1n) is 8.67. The number of oxazole rings is 1. The third-order valence-electron chi connectivity index (χ3n) is 4.41. The van der Waals surface area contributed by atoms with Crippen molar-refractivity contribution in [3.8, 4) is 0 Å². The van der Waals surface area contributed by atoms with E-state index in [0.29, 0.717) is 18.9 Å². The molecule has 1 unspecified atom stereocenters. The number of fused-ring (bicyclic) bond motifs is 2. The average molecular weight is 348 g/mol. The zero-order valence-corrected chi connectivity index (χ0v) is 14.8. The van der Waals surface area contributed by atoms with Crippen LogP contribution in [0.15, 0.2) is 53.1 Å². The van der Waals surface area contributed by atoms with Gasteiger partial charge in [0.25, 0.3) is 0 Å². The van der Waals surface area contributed by atoms with Crippen LogP contribution in [-0.2, 0) is 11.3 Å². The van der Waals surface area contributed by atoms with Crippen LogP contribution >= 0.6 is 0 Å². The molecule has 0 spiro atoms. The van der Waals surface area contributed by atoms with E-state index in [1.165, 1.54) is 5.56 Å². The van der Waals surface area contributed by atoms with Crippen molar-refractivity contribution in [2.45, 2.75) is 32.9 Å². The Labute approximate surface area is 150 Å². The second-order valence-electron chi connectivity index (χ2n) is 6.49. The molecule has 4 rings (SSSR count). The molecule has 2 aromatic carbocycles. The van der Waals surface area contributed by atoms with Crippen LogP contribution in [0.4, 0.5) is 0 Å². The van der Waals surface area contributed by atoms with Crippen molar-refractivity contribution in [3.63, 3.8) is 0 Å². The monoisotopic (exact) mass is 348 g/mol. The van der Waals surface area contributed by atoms with Gasteiger partial charge in [0.1, 0.15) is 11.6 Å². The average Bonchev–Trinajstić information content (AvgIpc) is 3.23. The lowest BCUT2D eigenvalue weighted by molar-refractivity contribution is -0.122.